The van der Waals surface area contributed by atoms with Gasteiger partial charge >= 0.3 is 11.8 Å². The number of piperidine rings is 1. The molecule has 0 aliphatic carbocycles. The maximum atomic E-state index is 12.3. The number of amides is 1. The number of nitrogens with zero attached hydrogens (tertiary/aromatic N) is 3. The summed E-state index contributed by atoms with van der Waals surface area (Å²) in [4.78, 5) is 18.9. The smallest absolute Gasteiger partial charge is 0.316 e. The van der Waals surface area contributed by atoms with Crippen LogP contribution in [0.4, 0.5) is 5.69 Å². The van der Waals surface area contributed by atoms with Crippen molar-refractivity contribution in [3.63, 3.8) is 0 Å². The van der Waals surface area contributed by atoms with Crippen molar-refractivity contribution in [1.82, 2.24) is 15.5 Å². The van der Waals surface area contributed by atoms with Gasteiger partial charge in [0.15, 0.2) is 0 Å². The van der Waals surface area contributed by atoms with Crippen molar-refractivity contribution in [3.05, 3.63) is 65.0 Å². The van der Waals surface area contributed by atoms with Gasteiger partial charge in [-0.3, -0.25) is 4.79 Å². The first-order valence-electron chi connectivity index (χ1n) is 10.3. The third-order valence-electron chi connectivity index (χ3n) is 5.51. The summed E-state index contributed by atoms with van der Waals surface area (Å²) in [5.74, 6) is 0.809. The van der Waals surface area contributed by atoms with Gasteiger partial charge in [0.05, 0.1) is 0 Å². The van der Waals surface area contributed by atoms with Crippen molar-refractivity contribution in [3.8, 4) is 11.4 Å². The van der Waals surface area contributed by atoms with Crippen LogP contribution >= 0.6 is 11.6 Å². The Morgan fingerprint density at radius 1 is 1.13 bits per heavy atom. The quantitative estimate of drug-likeness (QED) is 0.626. The van der Waals surface area contributed by atoms with Gasteiger partial charge in [-0.05, 0) is 67.1 Å². The summed E-state index contributed by atoms with van der Waals surface area (Å²) in [5.41, 5.74) is 3.12. The maximum Gasteiger partial charge on any atom is 0.316 e. The van der Waals surface area contributed by atoms with E-state index in [0.717, 1.165) is 30.1 Å². The fourth-order valence-corrected chi connectivity index (χ4v) is 3.69. The molecule has 156 valence electrons. The number of halogens is 1. The number of aromatic nitrogens is 2. The average molecular weight is 425 g/mol. The third kappa shape index (κ3) is 5.00. The first kappa shape index (κ1) is 20.4. The normalized spacial score (nSPS) is 14.7. The molecule has 1 amide bonds. The highest BCUT2D eigenvalue weighted by molar-refractivity contribution is 6.30. The monoisotopic (exact) mass is 424 g/mol. The second-order valence-corrected chi connectivity index (χ2v) is 8.21. The Morgan fingerprint density at radius 3 is 2.53 bits per heavy atom. The van der Waals surface area contributed by atoms with Gasteiger partial charge in [0.25, 0.3) is 0 Å². The van der Waals surface area contributed by atoms with Gasteiger partial charge in [-0.15, -0.1) is 0 Å². The number of hydrogen-bond acceptors (Lipinski definition) is 5. The molecule has 0 radical (unpaired) electrons. The van der Waals surface area contributed by atoms with Crippen molar-refractivity contribution in [1.29, 1.82) is 0 Å². The SMILES string of the molecule is CC1CCN(c2ccc(-c3noc(C(=O)NCCc4ccc(Cl)cc4)n3)cc2)CC1. The predicted octanol–water partition coefficient (Wildman–Crippen LogP) is 4.60. The summed E-state index contributed by atoms with van der Waals surface area (Å²) in [5, 5.41) is 7.46. The number of carbonyl (C=O) groups is 1. The Morgan fingerprint density at radius 2 is 1.83 bits per heavy atom. The van der Waals surface area contributed by atoms with Crippen LogP contribution in [0, 0.1) is 5.92 Å². The van der Waals surface area contributed by atoms with Crippen LogP contribution in [0.15, 0.2) is 53.1 Å². The standard InChI is InChI=1S/C23H25ClN4O2/c1-16-11-14-28(15-12-16)20-8-4-18(5-9-20)21-26-23(30-27-21)22(29)25-13-10-17-2-6-19(24)7-3-17/h2-9,16H,10-15H2,1H3,(H,25,29). The van der Waals surface area contributed by atoms with E-state index in [0.29, 0.717) is 23.8 Å². The summed E-state index contributed by atoms with van der Waals surface area (Å²) in [6.07, 6.45) is 3.15. The molecular formula is C23H25ClN4O2. The summed E-state index contributed by atoms with van der Waals surface area (Å²) in [7, 11) is 0. The van der Waals surface area contributed by atoms with E-state index < -0.39 is 0 Å². The molecule has 0 atom stereocenters. The third-order valence-corrected chi connectivity index (χ3v) is 5.76. The predicted molar refractivity (Wildman–Crippen MR) is 118 cm³/mol. The van der Waals surface area contributed by atoms with Gasteiger partial charge in [0.2, 0.25) is 5.82 Å². The van der Waals surface area contributed by atoms with Crippen molar-refractivity contribution < 1.29 is 9.32 Å². The Balaban J connectivity index is 1.32. The van der Waals surface area contributed by atoms with Gasteiger partial charge in [-0.2, -0.15) is 4.98 Å². The highest BCUT2D eigenvalue weighted by Crippen LogP contribution is 2.25. The fourth-order valence-electron chi connectivity index (χ4n) is 3.57. The van der Waals surface area contributed by atoms with E-state index >= 15 is 0 Å². The molecule has 1 aromatic heterocycles. The molecule has 0 bridgehead atoms. The van der Waals surface area contributed by atoms with Gasteiger partial charge in [0.1, 0.15) is 0 Å². The molecule has 1 aliphatic heterocycles. The minimum atomic E-state index is -0.373. The fraction of sp³-hybridized carbons (Fsp3) is 0.348. The van der Waals surface area contributed by atoms with Crippen LogP contribution in [0.2, 0.25) is 5.02 Å². The Hall–Kier alpha value is -2.86. The molecule has 1 saturated heterocycles. The molecule has 0 saturated carbocycles. The molecular weight excluding hydrogens is 400 g/mol. The number of rotatable bonds is 6. The number of carbonyl (C=O) groups excluding carboxylic acids is 1. The zero-order valence-electron chi connectivity index (χ0n) is 17.0. The summed E-state index contributed by atoms with van der Waals surface area (Å²) in [6.45, 7) is 4.95. The molecule has 2 aromatic carbocycles. The molecule has 1 N–H and O–H groups in total. The maximum absolute atomic E-state index is 12.3. The lowest BCUT2D eigenvalue weighted by Gasteiger charge is -2.32. The summed E-state index contributed by atoms with van der Waals surface area (Å²) in [6, 6.07) is 15.6. The first-order valence-corrected chi connectivity index (χ1v) is 10.7. The molecule has 4 rings (SSSR count). The highest BCUT2D eigenvalue weighted by atomic mass is 35.5. The van der Waals surface area contributed by atoms with Crippen LogP contribution < -0.4 is 10.2 Å². The molecule has 0 unspecified atom stereocenters. The van der Waals surface area contributed by atoms with Gasteiger partial charge in [-0.1, -0.05) is 35.8 Å². The summed E-state index contributed by atoms with van der Waals surface area (Å²) < 4.78 is 5.16. The highest BCUT2D eigenvalue weighted by Gasteiger charge is 2.18. The van der Waals surface area contributed by atoms with E-state index in [-0.39, 0.29) is 11.8 Å². The first-order chi connectivity index (χ1) is 14.6. The van der Waals surface area contributed by atoms with Crippen LogP contribution in [0.3, 0.4) is 0 Å². The van der Waals surface area contributed by atoms with E-state index in [1.807, 2.05) is 36.4 Å². The van der Waals surface area contributed by atoms with Gasteiger partial charge in [-0.25, -0.2) is 0 Å². The average Bonchev–Trinajstić information content (AvgIpc) is 3.26. The zero-order chi connectivity index (χ0) is 20.9. The molecule has 6 nitrogen and oxygen atoms in total. The van der Waals surface area contributed by atoms with E-state index in [1.165, 1.54) is 18.5 Å². The Bertz CT molecular complexity index is 977. The molecule has 0 spiro atoms. The van der Waals surface area contributed by atoms with Gasteiger partial charge in [0, 0.05) is 35.9 Å². The van der Waals surface area contributed by atoms with E-state index in [1.54, 1.807) is 0 Å². The lowest BCUT2D eigenvalue weighted by molar-refractivity contribution is 0.0910. The molecule has 3 aromatic rings. The number of nitrogens with one attached hydrogen (secondary N) is 1. The molecule has 2 heterocycles. The van der Waals surface area contributed by atoms with Crippen LogP contribution in [0.25, 0.3) is 11.4 Å². The van der Waals surface area contributed by atoms with Crippen molar-refractivity contribution in [2.45, 2.75) is 26.2 Å². The second kappa shape index (κ2) is 9.30. The van der Waals surface area contributed by atoms with Crippen LogP contribution in [-0.4, -0.2) is 35.7 Å². The minimum Gasteiger partial charge on any atom is -0.372 e. The second-order valence-electron chi connectivity index (χ2n) is 7.77. The van der Waals surface area contributed by atoms with Crippen molar-refractivity contribution in [2.24, 2.45) is 5.92 Å². The van der Waals surface area contributed by atoms with E-state index in [4.69, 9.17) is 16.1 Å². The van der Waals surface area contributed by atoms with E-state index in [9.17, 15) is 4.79 Å². The number of hydrogen-bond donors (Lipinski definition) is 1. The lowest BCUT2D eigenvalue weighted by atomic mass is 9.98. The van der Waals surface area contributed by atoms with Crippen LogP contribution in [0.5, 0.6) is 0 Å². The van der Waals surface area contributed by atoms with Gasteiger partial charge < -0.3 is 14.7 Å². The largest absolute Gasteiger partial charge is 0.372 e. The van der Waals surface area contributed by atoms with Crippen LogP contribution in [-0.2, 0) is 6.42 Å². The molecule has 1 aliphatic rings. The Labute approximate surface area is 181 Å². The zero-order valence-corrected chi connectivity index (χ0v) is 17.7. The van der Waals surface area contributed by atoms with E-state index in [2.05, 4.69) is 39.4 Å². The van der Waals surface area contributed by atoms with Crippen molar-refractivity contribution in [2.75, 3.05) is 24.5 Å². The number of benzene rings is 2. The lowest BCUT2D eigenvalue weighted by Crippen LogP contribution is -2.32. The van der Waals surface area contributed by atoms with Crippen LogP contribution in [0.1, 0.15) is 36.0 Å². The topological polar surface area (TPSA) is 71.3 Å². The molecule has 30 heavy (non-hydrogen) atoms. The summed E-state index contributed by atoms with van der Waals surface area (Å²) >= 11 is 5.88. The Kier molecular flexibility index (Phi) is 6.33. The number of anilines is 1. The molecule has 7 heteroatoms. The molecule has 1 fully saturated rings. The minimum absolute atomic E-state index is 0.0322. The van der Waals surface area contributed by atoms with Crippen molar-refractivity contribution >= 4 is 23.2 Å².